The molecule has 0 aliphatic rings. The summed E-state index contributed by atoms with van der Waals surface area (Å²) >= 11 is 5.92. The van der Waals surface area contributed by atoms with Gasteiger partial charge in [0.25, 0.3) is 11.8 Å². The molecule has 2 amide bonds. The minimum Gasteiger partial charge on any atom is -0.507 e. The van der Waals surface area contributed by atoms with Gasteiger partial charge in [-0.25, -0.2) is 5.43 Å². The maximum atomic E-state index is 12.8. The van der Waals surface area contributed by atoms with E-state index in [0.717, 1.165) is 0 Å². The predicted octanol–water partition coefficient (Wildman–Crippen LogP) is 4.36. The van der Waals surface area contributed by atoms with Crippen LogP contribution in [0.2, 0.25) is 5.02 Å². The van der Waals surface area contributed by atoms with Crippen LogP contribution in [0.4, 0.5) is 0 Å². The Morgan fingerprint density at radius 3 is 2.26 bits per heavy atom. The Hall–Kier alpha value is -3.90. The van der Waals surface area contributed by atoms with Crippen molar-refractivity contribution >= 4 is 35.2 Å². The SMILES string of the molecule is C/C(=N/NC(=O)/C(=C/c1ccc(Cl)cc1)NC(=O)c1ccccc1)c1ccccc1O. The highest BCUT2D eigenvalue weighted by atomic mass is 35.5. The molecule has 0 atom stereocenters. The average molecular weight is 434 g/mol. The number of phenolic OH excluding ortho intramolecular Hbond substituents is 1. The number of hydrazone groups is 1. The third-order valence-electron chi connectivity index (χ3n) is 4.33. The highest BCUT2D eigenvalue weighted by Gasteiger charge is 2.15. The lowest BCUT2D eigenvalue weighted by Gasteiger charge is -2.10. The molecule has 0 bridgehead atoms. The zero-order chi connectivity index (χ0) is 22.2. The van der Waals surface area contributed by atoms with Gasteiger partial charge in [0.15, 0.2) is 0 Å². The number of aromatic hydroxyl groups is 1. The number of hydrogen-bond acceptors (Lipinski definition) is 4. The number of amides is 2. The number of carbonyl (C=O) groups excluding carboxylic acids is 2. The van der Waals surface area contributed by atoms with Crippen molar-refractivity contribution in [2.75, 3.05) is 0 Å². The van der Waals surface area contributed by atoms with E-state index in [2.05, 4.69) is 15.8 Å². The van der Waals surface area contributed by atoms with Crippen molar-refractivity contribution in [3.05, 3.63) is 106 Å². The van der Waals surface area contributed by atoms with Gasteiger partial charge in [0.2, 0.25) is 0 Å². The number of para-hydroxylation sites is 1. The third-order valence-corrected chi connectivity index (χ3v) is 4.58. The Bertz CT molecular complexity index is 1140. The second-order valence-electron chi connectivity index (χ2n) is 6.59. The van der Waals surface area contributed by atoms with Crippen LogP contribution in [0.25, 0.3) is 6.08 Å². The molecule has 0 aromatic heterocycles. The summed E-state index contributed by atoms with van der Waals surface area (Å²) in [6.45, 7) is 1.65. The van der Waals surface area contributed by atoms with E-state index >= 15 is 0 Å². The Morgan fingerprint density at radius 1 is 0.935 bits per heavy atom. The van der Waals surface area contributed by atoms with Gasteiger partial charge >= 0.3 is 0 Å². The number of halogens is 1. The fraction of sp³-hybridized carbons (Fsp3) is 0.0417. The van der Waals surface area contributed by atoms with Crippen LogP contribution in [-0.4, -0.2) is 22.6 Å². The minimum atomic E-state index is -0.617. The highest BCUT2D eigenvalue weighted by Crippen LogP contribution is 2.16. The Balaban J connectivity index is 1.85. The van der Waals surface area contributed by atoms with E-state index < -0.39 is 11.8 Å². The normalized spacial score (nSPS) is 11.7. The van der Waals surface area contributed by atoms with Gasteiger partial charge in [-0.1, -0.05) is 54.1 Å². The van der Waals surface area contributed by atoms with Crippen molar-refractivity contribution in [3.8, 4) is 5.75 Å². The van der Waals surface area contributed by atoms with E-state index in [1.54, 1.807) is 79.7 Å². The van der Waals surface area contributed by atoms with Crippen LogP contribution in [0.5, 0.6) is 5.75 Å². The first-order valence-corrected chi connectivity index (χ1v) is 9.78. The molecule has 6 nitrogen and oxygen atoms in total. The molecule has 3 rings (SSSR count). The van der Waals surface area contributed by atoms with Gasteiger partial charge in [0.1, 0.15) is 11.4 Å². The molecule has 0 fully saturated rings. The highest BCUT2D eigenvalue weighted by molar-refractivity contribution is 6.30. The number of hydrogen-bond donors (Lipinski definition) is 3. The van der Waals surface area contributed by atoms with Crippen LogP contribution in [-0.2, 0) is 4.79 Å². The number of phenols is 1. The summed E-state index contributed by atoms with van der Waals surface area (Å²) in [5.41, 5.74) is 4.40. The van der Waals surface area contributed by atoms with Gasteiger partial charge in [0, 0.05) is 16.1 Å². The molecule has 0 saturated carbocycles. The molecular formula is C24H20ClN3O3. The van der Waals surface area contributed by atoms with E-state index in [9.17, 15) is 14.7 Å². The number of rotatable bonds is 6. The Kier molecular flexibility index (Phi) is 7.19. The first-order valence-electron chi connectivity index (χ1n) is 9.40. The minimum absolute atomic E-state index is 0.00464. The molecule has 156 valence electrons. The van der Waals surface area contributed by atoms with Crippen LogP contribution in [0.15, 0.2) is 89.7 Å². The van der Waals surface area contributed by atoms with Crippen molar-refractivity contribution < 1.29 is 14.7 Å². The number of carbonyl (C=O) groups is 2. The summed E-state index contributed by atoms with van der Waals surface area (Å²) in [6.07, 6.45) is 1.53. The van der Waals surface area contributed by atoms with Gasteiger partial charge in [-0.15, -0.1) is 0 Å². The van der Waals surface area contributed by atoms with E-state index in [4.69, 9.17) is 11.6 Å². The van der Waals surface area contributed by atoms with Crippen molar-refractivity contribution in [1.82, 2.24) is 10.7 Å². The van der Waals surface area contributed by atoms with Crippen LogP contribution >= 0.6 is 11.6 Å². The van der Waals surface area contributed by atoms with Crippen molar-refractivity contribution in [2.24, 2.45) is 5.10 Å². The largest absolute Gasteiger partial charge is 0.507 e. The second-order valence-corrected chi connectivity index (χ2v) is 7.02. The van der Waals surface area contributed by atoms with E-state index in [0.29, 0.717) is 27.4 Å². The van der Waals surface area contributed by atoms with E-state index in [-0.39, 0.29) is 11.4 Å². The summed E-state index contributed by atoms with van der Waals surface area (Å²) in [6, 6.07) is 22.0. The molecule has 0 unspecified atom stereocenters. The monoisotopic (exact) mass is 433 g/mol. The quantitative estimate of drug-likeness (QED) is 0.306. The fourth-order valence-electron chi connectivity index (χ4n) is 2.70. The maximum Gasteiger partial charge on any atom is 0.287 e. The summed E-state index contributed by atoms with van der Waals surface area (Å²) in [5.74, 6) is -1.00. The molecule has 0 aliphatic heterocycles. The summed E-state index contributed by atoms with van der Waals surface area (Å²) in [4.78, 5) is 25.4. The first-order chi connectivity index (χ1) is 14.9. The Morgan fingerprint density at radius 2 is 1.58 bits per heavy atom. The number of benzene rings is 3. The zero-order valence-corrected chi connectivity index (χ0v) is 17.4. The lowest BCUT2D eigenvalue weighted by Crippen LogP contribution is -2.33. The van der Waals surface area contributed by atoms with E-state index in [1.807, 2.05) is 0 Å². The summed E-state index contributed by atoms with van der Waals surface area (Å²) < 4.78 is 0. The molecule has 0 spiro atoms. The van der Waals surface area contributed by atoms with Gasteiger partial charge in [0.05, 0.1) is 5.71 Å². The molecule has 3 aromatic rings. The van der Waals surface area contributed by atoms with Gasteiger partial charge in [-0.2, -0.15) is 5.10 Å². The van der Waals surface area contributed by atoms with Gasteiger partial charge in [-0.3, -0.25) is 9.59 Å². The number of nitrogens with one attached hydrogen (secondary N) is 2. The molecule has 0 heterocycles. The van der Waals surface area contributed by atoms with Crippen LogP contribution in [0.1, 0.15) is 28.4 Å². The molecule has 3 aromatic carbocycles. The predicted molar refractivity (Wildman–Crippen MR) is 122 cm³/mol. The lowest BCUT2D eigenvalue weighted by molar-refractivity contribution is -0.117. The van der Waals surface area contributed by atoms with E-state index in [1.165, 1.54) is 12.1 Å². The van der Waals surface area contributed by atoms with Crippen LogP contribution < -0.4 is 10.7 Å². The van der Waals surface area contributed by atoms with Crippen LogP contribution in [0, 0.1) is 0 Å². The molecule has 3 N–H and O–H groups in total. The summed E-state index contributed by atoms with van der Waals surface area (Å²) in [5, 5.41) is 17.2. The van der Waals surface area contributed by atoms with Crippen molar-refractivity contribution in [1.29, 1.82) is 0 Å². The van der Waals surface area contributed by atoms with Gasteiger partial charge < -0.3 is 10.4 Å². The van der Waals surface area contributed by atoms with Crippen molar-refractivity contribution in [2.45, 2.75) is 6.92 Å². The zero-order valence-electron chi connectivity index (χ0n) is 16.7. The first kappa shape index (κ1) is 21.8. The smallest absolute Gasteiger partial charge is 0.287 e. The van der Waals surface area contributed by atoms with Crippen LogP contribution in [0.3, 0.4) is 0 Å². The molecule has 0 radical (unpaired) electrons. The summed E-state index contributed by atoms with van der Waals surface area (Å²) in [7, 11) is 0. The molecule has 0 saturated heterocycles. The number of nitrogens with zero attached hydrogens (tertiary/aromatic N) is 1. The molecule has 0 aliphatic carbocycles. The molecule has 31 heavy (non-hydrogen) atoms. The standard InChI is InChI=1S/C24H20ClN3O3/c1-16(20-9-5-6-10-22(20)29)27-28-24(31)21(15-17-11-13-19(25)14-12-17)26-23(30)18-7-3-2-4-8-18/h2-15,29H,1H3,(H,26,30)(H,28,31)/b21-15-,27-16-. The van der Waals surface area contributed by atoms with Gasteiger partial charge in [-0.05, 0) is 55.0 Å². The van der Waals surface area contributed by atoms with Crippen molar-refractivity contribution in [3.63, 3.8) is 0 Å². The Labute approximate surface area is 184 Å². The maximum absolute atomic E-state index is 12.8. The molecule has 7 heteroatoms. The lowest BCUT2D eigenvalue weighted by atomic mass is 10.1. The topological polar surface area (TPSA) is 90.8 Å². The third kappa shape index (κ3) is 6.04. The fourth-order valence-corrected chi connectivity index (χ4v) is 2.83. The molecular weight excluding hydrogens is 414 g/mol. The average Bonchev–Trinajstić information content (AvgIpc) is 2.79. The second kappa shape index (κ2) is 10.2.